The molecule has 2 aromatic heterocycles. The van der Waals surface area contributed by atoms with Gasteiger partial charge in [-0.25, -0.2) is 4.98 Å². The summed E-state index contributed by atoms with van der Waals surface area (Å²) in [6.45, 7) is 2.56. The number of rotatable bonds is 5. The molecular weight excluding hydrogens is 338 g/mol. The van der Waals surface area contributed by atoms with Gasteiger partial charge in [0.1, 0.15) is 5.82 Å². The number of benzene rings is 1. The van der Waals surface area contributed by atoms with Crippen molar-refractivity contribution in [3.63, 3.8) is 0 Å². The molecule has 1 aliphatic heterocycles. The van der Waals surface area contributed by atoms with Crippen molar-refractivity contribution in [3.8, 4) is 0 Å². The quantitative estimate of drug-likeness (QED) is 0.755. The van der Waals surface area contributed by atoms with Crippen molar-refractivity contribution in [3.05, 3.63) is 72.1 Å². The van der Waals surface area contributed by atoms with Gasteiger partial charge in [0.25, 0.3) is 5.91 Å². The van der Waals surface area contributed by atoms with Gasteiger partial charge in [0.2, 0.25) is 0 Å². The summed E-state index contributed by atoms with van der Waals surface area (Å²) in [5.74, 6) is 1.14. The Morgan fingerprint density at radius 1 is 1.00 bits per heavy atom. The molecule has 27 heavy (non-hydrogen) atoms. The smallest absolute Gasteiger partial charge is 0.260 e. The number of aromatic nitrogens is 3. The first kappa shape index (κ1) is 17.3. The van der Waals surface area contributed by atoms with Gasteiger partial charge in [-0.1, -0.05) is 30.3 Å². The van der Waals surface area contributed by atoms with E-state index in [1.54, 1.807) is 12.3 Å². The fourth-order valence-electron chi connectivity index (χ4n) is 3.40. The van der Waals surface area contributed by atoms with E-state index in [0.29, 0.717) is 17.9 Å². The van der Waals surface area contributed by atoms with Gasteiger partial charge in [-0.05, 0) is 37.0 Å². The summed E-state index contributed by atoms with van der Waals surface area (Å²) in [5, 5.41) is 7.37. The summed E-state index contributed by atoms with van der Waals surface area (Å²) in [7, 11) is 0. The van der Waals surface area contributed by atoms with E-state index in [4.69, 9.17) is 0 Å². The summed E-state index contributed by atoms with van der Waals surface area (Å²) in [6.07, 6.45) is 7.14. The van der Waals surface area contributed by atoms with Crippen LogP contribution in [0.2, 0.25) is 0 Å². The van der Waals surface area contributed by atoms with Gasteiger partial charge in [-0.3, -0.25) is 9.48 Å². The first-order chi connectivity index (χ1) is 13.3. The van der Waals surface area contributed by atoms with E-state index in [9.17, 15) is 4.79 Å². The normalized spacial score (nSPS) is 14.1. The van der Waals surface area contributed by atoms with E-state index < -0.39 is 0 Å². The minimum Gasteiger partial charge on any atom is -0.356 e. The van der Waals surface area contributed by atoms with Crippen molar-refractivity contribution in [2.24, 2.45) is 0 Å². The van der Waals surface area contributed by atoms with E-state index in [1.165, 1.54) is 6.42 Å². The van der Waals surface area contributed by atoms with Crippen molar-refractivity contribution >= 4 is 17.5 Å². The average molecular weight is 361 g/mol. The molecule has 6 heteroatoms. The Morgan fingerprint density at radius 2 is 1.81 bits per heavy atom. The number of pyridine rings is 1. The maximum Gasteiger partial charge on any atom is 0.260 e. The number of hydrogen-bond acceptors (Lipinski definition) is 4. The molecule has 0 spiro atoms. The van der Waals surface area contributed by atoms with E-state index in [1.807, 2.05) is 41.2 Å². The summed E-state index contributed by atoms with van der Waals surface area (Å²) >= 11 is 0. The van der Waals surface area contributed by atoms with Crippen LogP contribution in [0.25, 0.3) is 0 Å². The zero-order valence-corrected chi connectivity index (χ0v) is 15.2. The van der Waals surface area contributed by atoms with Crippen LogP contribution in [0.15, 0.2) is 60.9 Å². The lowest BCUT2D eigenvalue weighted by Gasteiger charge is -2.28. The average Bonchev–Trinajstić information content (AvgIpc) is 3.16. The summed E-state index contributed by atoms with van der Waals surface area (Å²) < 4.78 is 1.82. The molecule has 1 N–H and O–H groups in total. The number of carbonyl (C=O) groups excluding carboxylic acids is 1. The lowest BCUT2D eigenvalue weighted by atomic mass is 10.1. The van der Waals surface area contributed by atoms with Crippen molar-refractivity contribution < 1.29 is 4.79 Å². The molecular formula is C21H23N5O. The van der Waals surface area contributed by atoms with Gasteiger partial charge in [0, 0.05) is 31.5 Å². The van der Waals surface area contributed by atoms with Crippen molar-refractivity contribution in [1.29, 1.82) is 0 Å². The summed E-state index contributed by atoms with van der Waals surface area (Å²) in [6, 6.07) is 15.6. The predicted octanol–water partition coefficient (Wildman–Crippen LogP) is 3.57. The third-order valence-corrected chi connectivity index (χ3v) is 4.76. The number of hydrogen-bond donors (Lipinski definition) is 1. The highest BCUT2D eigenvalue weighted by molar-refractivity contribution is 6.07. The van der Waals surface area contributed by atoms with Crippen molar-refractivity contribution in [1.82, 2.24) is 14.8 Å². The minimum atomic E-state index is -0.173. The Labute approximate surface area is 158 Å². The Hall–Kier alpha value is -3.15. The summed E-state index contributed by atoms with van der Waals surface area (Å²) in [5.41, 5.74) is 1.76. The van der Waals surface area contributed by atoms with Gasteiger partial charge in [-0.2, -0.15) is 5.10 Å². The monoisotopic (exact) mass is 361 g/mol. The minimum absolute atomic E-state index is 0.173. The highest BCUT2D eigenvalue weighted by atomic mass is 16.1. The van der Waals surface area contributed by atoms with E-state index >= 15 is 0 Å². The lowest BCUT2D eigenvalue weighted by Crippen LogP contribution is -2.32. The molecule has 0 aliphatic carbocycles. The number of piperidine rings is 1. The third-order valence-electron chi connectivity index (χ3n) is 4.76. The van der Waals surface area contributed by atoms with Crippen molar-refractivity contribution in [2.45, 2.75) is 25.8 Å². The van der Waals surface area contributed by atoms with E-state index in [0.717, 1.165) is 37.3 Å². The highest BCUT2D eigenvalue weighted by Crippen LogP contribution is 2.22. The largest absolute Gasteiger partial charge is 0.356 e. The molecule has 4 rings (SSSR count). The first-order valence-electron chi connectivity index (χ1n) is 9.38. The lowest BCUT2D eigenvalue weighted by molar-refractivity contribution is 0.102. The number of carbonyl (C=O) groups is 1. The van der Waals surface area contributed by atoms with E-state index in [2.05, 4.69) is 32.4 Å². The second-order valence-electron chi connectivity index (χ2n) is 6.76. The molecule has 1 amide bonds. The van der Waals surface area contributed by atoms with Crippen LogP contribution in [0, 0.1) is 0 Å². The zero-order valence-electron chi connectivity index (χ0n) is 15.2. The topological polar surface area (TPSA) is 63.1 Å². The molecule has 1 saturated heterocycles. The molecule has 0 bridgehead atoms. The number of anilines is 2. The SMILES string of the molecule is O=C(Nc1ccn(Cc2ccccc2)n1)c1cccnc1N1CCCCC1. The molecule has 0 unspecified atom stereocenters. The highest BCUT2D eigenvalue weighted by Gasteiger charge is 2.20. The molecule has 3 heterocycles. The molecule has 1 aromatic carbocycles. The number of amides is 1. The Morgan fingerprint density at radius 3 is 2.63 bits per heavy atom. The molecule has 1 fully saturated rings. The Bertz CT molecular complexity index is 900. The Balaban J connectivity index is 1.47. The van der Waals surface area contributed by atoms with Gasteiger partial charge in [-0.15, -0.1) is 0 Å². The van der Waals surface area contributed by atoms with Crippen LogP contribution in [0.1, 0.15) is 35.2 Å². The van der Waals surface area contributed by atoms with Crippen LogP contribution < -0.4 is 10.2 Å². The molecule has 6 nitrogen and oxygen atoms in total. The molecule has 138 valence electrons. The molecule has 3 aromatic rings. The standard InChI is InChI=1S/C21H23N5O/c27-21(18-10-7-12-22-20(18)25-13-5-2-6-14-25)23-19-11-15-26(24-19)16-17-8-3-1-4-9-17/h1,3-4,7-12,15H,2,5-6,13-14,16H2,(H,23,24,27). The van der Waals surface area contributed by atoms with Gasteiger partial charge >= 0.3 is 0 Å². The predicted molar refractivity (Wildman–Crippen MR) is 106 cm³/mol. The molecule has 1 aliphatic rings. The number of nitrogens with zero attached hydrogens (tertiary/aromatic N) is 4. The second-order valence-corrected chi connectivity index (χ2v) is 6.76. The van der Waals surface area contributed by atoms with E-state index in [-0.39, 0.29) is 5.91 Å². The second kappa shape index (κ2) is 8.03. The summed E-state index contributed by atoms with van der Waals surface area (Å²) in [4.78, 5) is 19.5. The fourth-order valence-corrected chi connectivity index (χ4v) is 3.40. The molecule has 0 saturated carbocycles. The Kier molecular flexibility index (Phi) is 5.14. The van der Waals surface area contributed by atoms with Crippen LogP contribution in [-0.4, -0.2) is 33.8 Å². The molecule has 0 atom stereocenters. The van der Waals surface area contributed by atoms with Crippen LogP contribution in [0.4, 0.5) is 11.6 Å². The van der Waals surface area contributed by atoms with Crippen LogP contribution >= 0.6 is 0 Å². The fraction of sp³-hybridized carbons (Fsp3) is 0.286. The van der Waals surface area contributed by atoms with Gasteiger partial charge in [0.05, 0.1) is 12.1 Å². The van der Waals surface area contributed by atoms with Crippen molar-refractivity contribution in [2.75, 3.05) is 23.3 Å². The number of nitrogens with one attached hydrogen (secondary N) is 1. The third kappa shape index (κ3) is 4.16. The first-order valence-corrected chi connectivity index (χ1v) is 9.38. The maximum atomic E-state index is 12.8. The maximum absolute atomic E-state index is 12.8. The zero-order chi connectivity index (χ0) is 18.5. The van der Waals surface area contributed by atoms with Crippen LogP contribution in [0.5, 0.6) is 0 Å². The van der Waals surface area contributed by atoms with Crippen LogP contribution in [0.3, 0.4) is 0 Å². The molecule has 0 radical (unpaired) electrons. The van der Waals surface area contributed by atoms with Crippen LogP contribution in [-0.2, 0) is 6.54 Å². The van der Waals surface area contributed by atoms with Gasteiger partial charge in [0.15, 0.2) is 5.82 Å². The van der Waals surface area contributed by atoms with Gasteiger partial charge < -0.3 is 10.2 Å².